The number of sulfone groups is 1. The Hall–Kier alpha value is -1.15. The lowest BCUT2D eigenvalue weighted by molar-refractivity contribution is -0.127. The molecule has 0 radical (unpaired) electrons. The van der Waals surface area contributed by atoms with Crippen LogP contribution in [0.1, 0.15) is 44.1 Å². The van der Waals surface area contributed by atoms with Gasteiger partial charge in [0, 0.05) is 17.5 Å². The van der Waals surface area contributed by atoms with Crippen molar-refractivity contribution in [2.24, 2.45) is 5.92 Å². The van der Waals surface area contributed by atoms with E-state index in [1.54, 1.807) is 25.1 Å². The van der Waals surface area contributed by atoms with Gasteiger partial charge in [0.25, 0.3) is 0 Å². The molecule has 1 aromatic carbocycles. The van der Waals surface area contributed by atoms with Crippen molar-refractivity contribution in [2.75, 3.05) is 13.1 Å². The molecule has 1 aliphatic carbocycles. The van der Waals surface area contributed by atoms with E-state index in [9.17, 15) is 18.3 Å². The summed E-state index contributed by atoms with van der Waals surface area (Å²) in [5.41, 5.74) is 0.499. The summed E-state index contributed by atoms with van der Waals surface area (Å²) in [6.45, 7) is 2.57. The van der Waals surface area contributed by atoms with Crippen LogP contribution in [0.2, 0.25) is 5.02 Å². The number of aliphatic hydroxyl groups excluding tert-OH is 1. The first-order chi connectivity index (χ1) is 12.8. The van der Waals surface area contributed by atoms with Crippen molar-refractivity contribution in [2.45, 2.75) is 61.3 Å². The van der Waals surface area contributed by atoms with Gasteiger partial charge in [-0.2, -0.15) is 0 Å². The van der Waals surface area contributed by atoms with E-state index in [1.165, 1.54) is 0 Å². The molecule has 1 atom stereocenters. The minimum atomic E-state index is -3.85. The fourth-order valence-electron chi connectivity index (χ4n) is 4.03. The van der Waals surface area contributed by atoms with Crippen LogP contribution in [0.25, 0.3) is 0 Å². The van der Waals surface area contributed by atoms with Crippen molar-refractivity contribution in [3.8, 4) is 0 Å². The highest BCUT2D eigenvalue weighted by Gasteiger charge is 2.48. The molecule has 1 aliphatic heterocycles. The smallest absolute Gasteiger partial charge is 0.224 e. The Labute approximate surface area is 165 Å². The minimum Gasteiger partial charge on any atom is -0.393 e. The molecule has 6 nitrogen and oxygen atoms in total. The van der Waals surface area contributed by atoms with Crippen molar-refractivity contribution in [1.29, 1.82) is 0 Å². The summed E-state index contributed by atoms with van der Waals surface area (Å²) < 4.78 is 27.2. The highest BCUT2D eigenvalue weighted by Crippen LogP contribution is 2.34. The van der Waals surface area contributed by atoms with E-state index in [1.807, 2.05) is 0 Å². The summed E-state index contributed by atoms with van der Waals surface area (Å²) >= 11 is 6.15. The number of benzene rings is 1. The quantitative estimate of drug-likeness (QED) is 0.701. The normalized spacial score (nSPS) is 29.3. The van der Waals surface area contributed by atoms with Gasteiger partial charge in [0.2, 0.25) is 15.7 Å². The van der Waals surface area contributed by atoms with Gasteiger partial charge >= 0.3 is 0 Å². The summed E-state index contributed by atoms with van der Waals surface area (Å²) in [6, 6.07) is 4.83. The zero-order valence-electron chi connectivity index (χ0n) is 15.5. The van der Waals surface area contributed by atoms with Gasteiger partial charge in [0.1, 0.15) is 0 Å². The van der Waals surface area contributed by atoms with Gasteiger partial charge in [-0.1, -0.05) is 17.7 Å². The van der Waals surface area contributed by atoms with E-state index >= 15 is 0 Å². The zero-order chi connectivity index (χ0) is 19.7. The van der Waals surface area contributed by atoms with Crippen molar-refractivity contribution in [1.82, 2.24) is 10.6 Å². The molecule has 2 aliphatic rings. The number of carbonyl (C=O) groups excluding carboxylic acids is 1. The Kier molecular flexibility index (Phi) is 6.15. The fraction of sp³-hybridized carbons (Fsp3) is 0.632. The average Bonchev–Trinajstić information content (AvgIpc) is 2.65. The van der Waals surface area contributed by atoms with E-state index < -0.39 is 14.7 Å². The summed E-state index contributed by atoms with van der Waals surface area (Å²) in [6.07, 6.45) is 2.95. The van der Waals surface area contributed by atoms with Gasteiger partial charge in [-0.3, -0.25) is 4.79 Å². The number of piperidine rings is 1. The first kappa shape index (κ1) is 20.6. The molecule has 1 heterocycles. The second-order valence-corrected chi connectivity index (χ2v) is 10.3. The average molecular weight is 415 g/mol. The minimum absolute atomic E-state index is 0.165. The summed E-state index contributed by atoms with van der Waals surface area (Å²) in [4.78, 5) is 11.7. The third kappa shape index (κ3) is 4.01. The van der Waals surface area contributed by atoms with Gasteiger partial charge in [-0.15, -0.1) is 0 Å². The Morgan fingerprint density at radius 2 is 2.00 bits per heavy atom. The van der Waals surface area contributed by atoms with E-state index in [4.69, 9.17) is 11.6 Å². The van der Waals surface area contributed by atoms with E-state index in [0.29, 0.717) is 49.1 Å². The maximum Gasteiger partial charge on any atom is 0.224 e. The Morgan fingerprint density at radius 1 is 1.30 bits per heavy atom. The number of aliphatic hydroxyl groups is 1. The van der Waals surface area contributed by atoms with Crippen molar-refractivity contribution in [3.05, 3.63) is 28.8 Å². The zero-order valence-corrected chi connectivity index (χ0v) is 17.1. The maximum absolute atomic E-state index is 13.6. The lowest BCUT2D eigenvalue weighted by Gasteiger charge is -2.39. The number of hydrogen-bond donors (Lipinski definition) is 3. The second-order valence-electron chi connectivity index (χ2n) is 7.64. The van der Waals surface area contributed by atoms with Crippen LogP contribution < -0.4 is 10.6 Å². The van der Waals surface area contributed by atoms with Crippen LogP contribution in [0.15, 0.2) is 23.1 Å². The van der Waals surface area contributed by atoms with Crippen LogP contribution in [-0.4, -0.2) is 43.5 Å². The molecule has 3 N–H and O–H groups in total. The molecule has 0 unspecified atom stereocenters. The molecule has 8 heteroatoms. The standard InChI is InChI=1S/C19H27ClN2O4S/c1-13-16(20)4-2-5-17(13)27(25,26)19(10-3-11-21-12-19)22-18(24)14-6-8-15(23)9-7-14/h2,4-5,14-15,21,23H,3,6-12H2,1H3,(H,22,24)/t14-,15-,19-/m0/s1. The van der Waals surface area contributed by atoms with E-state index in [2.05, 4.69) is 10.6 Å². The van der Waals surface area contributed by atoms with Crippen LogP contribution in [0.5, 0.6) is 0 Å². The first-order valence-corrected chi connectivity index (χ1v) is 11.3. The molecular weight excluding hydrogens is 388 g/mol. The van der Waals surface area contributed by atoms with Gasteiger partial charge in [0.15, 0.2) is 4.87 Å². The van der Waals surface area contributed by atoms with Gasteiger partial charge in [-0.25, -0.2) is 8.42 Å². The summed E-state index contributed by atoms with van der Waals surface area (Å²) in [7, 11) is -3.85. The molecule has 1 amide bonds. The molecule has 27 heavy (non-hydrogen) atoms. The predicted molar refractivity (Wildman–Crippen MR) is 104 cm³/mol. The Morgan fingerprint density at radius 3 is 2.63 bits per heavy atom. The van der Waals surface area contributed by atoms with Gasteiger partial charge in [0.05, 0.1) is 11.0 Å². The molecule has 0 aromatic heterocycles. The highest BCUT2D eigenvalue weighted by molar-refractivity contribution is 7.93. The molecule has 1 saturated heterocycles. The maximum atomic E-state index is 13.6. The van der Waals surface area contributed by atoms with Gasteiger partial charge < -0.3 is 15.7 Å². The molecular formula is C19H27ClN2O4S. The SMILES string of the molecule is Cc1c(Cl)cccc1S(=O)(=O)[C@@]1(NC(=O)[C@H]2CC[C@H](O)CC2)CCCNC1. The molecule has 0 spiro atoms. The Balaban J connectivity index is 1.92. The number of carbonyl (C=O) groups is 1. The summed E-state index contributed by atoms with van der Waals surface area (Å²) in [5, 5.41) is 16.1. The van der Waals surface area contributed by atoms with Crippen molar-refractivity contribution < 1.29 is 18.3 Å². The molecule has 1 saturated carbocycles. The van der Waals surface area contributed by atoms with Crippen LogP contribution in [-0.2, 0) is 14.6 Å². The second kappa shape index (κ2) is 8.07. The lowest BCUT2D eigenvalue weighted by Crippen LogP contribution is -2.63. The molecule has 2 fully saturated rings. The highest BCUT2D eigenvalue weighted by atomic mass is 35.5. The number of amides is 1. The van der Waals surface area contributed by atoms with Crippen LogP contribution in [0, 0.1) is 12.8 Å². The van der Waals surface area contributed by atoms with Crippen LogP contribution in [0.3, 0.4) is 0 Å². The number of nitrogens with one attached hydrogen (secondary N) is 2. The topological polar surface area (TPSA) is 95.5 Å². The lowest BCUT2D eigenvalue weighted by atomic mass is 9.86. The number of hydrogen-bond acceptors (Lipinski definition) is 5. The van der Waals surface area contributed by atoms with Crippen molar-refractivity contribution >= 4 is 27.3 Å². The van der Waals surface area contributed by atoms with E-state index in [-0.39, 0.29) is 29.4 Å². The fourth-order valence-corrected chi connectivity index (χ4v) is 6.40. The molecule has 0 bridgehead atoms. The number of rotatable bonds is 4. The molecule has 1 aromatic rings. The van der Waals surface area contributed by atoms with Crippen LogP contribution in [0.4, 0.5) is 0 Å². The Bertz CT molecular complexity index is 798. The third-order valence-corrected chi connectivity index (χ3v) is 8.70. The monoisotopic (exact) mass is 414 g/mol. The first-order valence-electron chi connectivity index (χ1n) is 9.47. The predicted octanol–water partition coefficient (Wildman–Crippen LogP) is 2.17. The largest absolute Gasteiger partial charge is 0.393 e. The van der Waals surface area contributed by atoms with Crippen LogP contribution >= 0.6 is 11.6 Å². The molecule has 150 valence electrons. The third-order valence-electron chi connectivity index (χ3n) is 5.79. The van der Waals surface area contributed by atoms with Crippen molar-refractivity contribution in [3.63, 3.8) is 0 Å². The van der Waals surface area contributed by atoms with Gasteiger partial charge in [-0.05, 0) is 69.7 Å². The molecule has 3 rings (SSSR count). The summed E-state index contributed by atoms with van der Waals surface area (Å²) in [5.74, 6) is -0.503. The van der Waals surface area contributed by atoms with E-state index in [0.717, 1.165) is 6.54 Å². The number of halogens is 1.